The Morgan fingerprint density at radius 3 is 1.12 bits per heavy atom. The fraction of sp³-hybridized carbons (Fsp3) is 0. The summed E-state index contributed by atoms with van der Waals surface area (Å²) in [5, 5.41) is 14.7. The van der Waals surface area contributed by atoms with Crippen LogP contribution in [0.25, 0.3) is 143 Å². The molecule has 14 aromatic rings. The van der Waals surface area contributed by atoms with Crippen molar-refractivity contribution >= 4 is 120 Å². The van der Waals surface area contributed by atoms with Gasteiger partial charge in [-0.3, -0.25) is 17.9 Å². The summed E-state index contributed by atoms with van der Waals surface area (Å²) in [5.41, 5.74) is 13.0. The predicted molar refractivity (Wildman–Crippen MR) is 283 cm³/mol. The Morgan fingerprint density at radius 2 is 0.588 bits per heavy atom. The quantitative estimate of drug-likeness (QED) is 0.174. The van der Waals surface area contributed by atoms with Crippen molar-refractivity contribution in [3.63, 3.8) is 0 Å². The molecule has 0 unspecified atom stereocenters. The molecule has 0 radical (unpaired) electrons. The smallest absolute Gasteiger partial charge is 0.220 e. The second kappa shape index (κ2) is 13.2. The fourth-order valence-electron chi connectivity index (χ4n) is 11.9. The third kappa shape index (κ3) is 4.65. The molecule has 0 bridgehead atoms. The maximum Gasteiger partial charge on any atom is 0.220 e. The Hall–Kier alpha value is -9.26. The Balaban J connectivity index is 1.03. The number of aromatic nitrogens is 6. The van der Waals surface area contributed by atoms with E-state index in [4.69, 9.17) is 9.97 Å². The number of benzene rings is 10. The Bertz CT molecular complexity index is 4870. The van der Waals surface area contributed by atoms with E-state index >= 15 is 0 Å². The van der Waals surface area contributed by atoms with Crippen LogP contribution in [0.3, 0.4) is 0 Å². The molecule has 314 valence electrons. The normalized spacial score (nSPS) is 12.4. The summed E-state index contributed by atoms with van der Waals surface area (Å²) in [6.07, 6.45) is 0. The lowest BCUT2D eigenvalue weighted by molar-refractivity contribution is 1.11. The molecule has 0 saturated carbocycles. The Kier molecular flexibility index (Phi) is 6.98. The molecule has 0 amide bonds. The van der Waals surface area contributed by atoms with Crippen molar-refractivity contribution in [2.24, 2.45) is 0 Å². The molecule has 10 aromatic carbocycles. The highest BCUT2D eigenvalue weighted by molar-refractivity contribution is 6.31. The Morgan fingerprint density at radius 1 is 0.235 bits per heavy atom. The third-order valence-corrected chi connectivity index (χ3v) is 14.7. The highest BCUT2D eigenvalue weighted by atomic mass is 15.2. The van der Waals surface area contributed by atoms with E-state index in [1.165, 1.54) is 75.8 Å². The van der Waals surface area contributed by atoms with Crippen molar-refractivity contribution in [3.8, 4) is 22.5 Å². The minimum atomic E-state index is 0.861. The van der Waals surface area contributed by atoms with Gasteiger partial charge in [-0.15, -0.1) is 0 Å². The van der Waals surface area contributed by atoms with Gasteiger partial charge in [0.05, 0.1) is 49.8 Å². The maximum absolute atomic E-state index is 5.47. The van der Waals surface area contributed by atoms with Gasteiger partial charge < -0.3 is 0 Å². The molecule has 0 N–H and O–H groups in total. The lowest BCUT2D eigenvalue weighted by Crippen LogP contribution is -1.96. The van der Waals surface area contributed by atoms with Gasteiger partial charge in [0.15, 0.2) is 0 Å². The van der Waals surface area contributed by atoms with Gasteiger partial charge in [-0.1, -0.05) is 152 Å². The summed E-state index contributed by atoms with van der Waals surface area (Å²) < 4.78 is 9.24. The van der Waals surface area contributed by atoms with E-state index in [2.05, 4.69) is 236 Å². The maximum atomic E-state index is 5.47. The van der Waals surface area contributed by atoms with Gasteiger partial charge in [-0.25, -0.2) is 9.97 Å². The van der Waals surface area contributed by atoms with Crippen LogP contribution in [0, 0.1) is 0 Å². The van der Waals surface area contributed by atoms with Crippen molar-refractivity contribution in [2.45, 2.75) is 0 Å². The number of imidazole rings is 4. The zero-order chi connectivity index (χ0) is 44.2. The monoisotopic (exact) mass is 864 g/mol. The molecular formula is C62H36N6. The standard InChI is InChI=1S/C62H36N6/c1-4-18-42-39(15-1)40-16-2-5-19-43(40)48-23-14-24-49-50-35-37(31-33-45(50)41-17-3-6-20-44(41)47-22-13-21-46(42)59(47)60(48)49)65-55-28-10-12-30-57(55)68-58-36-38(32-34-52(58)64-62(65)68)66-54-27-9-11-29-56(54)67-53-26-8-7-25-51(53)63-61(66)67/h1-36H. The molecular weight excluding hydrogens is 829 g/mol. The molecule has 0 saturated heterocycles. The van der Waals surface area contributed by atoms with E-state index in [1.807, 2.05) is 0 Å². The molecule has 68 heavy (non-hydrogen) atoms. The van der Waals surface area contributed by atoms with Crippen LogP contribution in [-0.4, -0.2) is 27.9 Å². The number of rotatable bonds is 2. The topological polar surface area (TPSA) is 44.5 Å². The number of hydrogen-bond donors (Lipinski definition) is 0. The molecule has 6 nitrogen and oxygen atoms in total. The molecule has 6 heteroatoms. The first-order chi connectivity index (χ1) is 33.8. The molecule has 4 heterocycles. The van der Waals surface area contributed by atoms with E-state index in [0.29, 0.717) is 0 Å². The minimum Gasteiger partial charge on any atom is -0.278 e. The molecule has 0 spiro atoms. The summed E-state index contributed by atoms with van der Waals surface area (Å²) >= 11 is 0. The summed E-state index contributed by atoms with van der Waals surface area (Å²) in [5.74, 6) is 1.74. The van der Waals surface area contributed by atoms with Crippen molar-refractivity contribution < 1.29 is 0 Å². The molecule has 0 fully saturated rings. The zero-order valence-electron chi connectivity index (χ0n) is 36.5. The first kappa shape index (κ1) is 36.0. The molecule has 0 aliphatic heterocycles. The van der Waals surface area contributed by atoms with E-state index < -0.39 is 0 Å². The molecule has 0 atom stereocenters. The molecule has 2 aliphatic carbocycles. The summed E-state index contributed by atoms with van der Waals surface area (Å²) in [6, 6.07) is 79.9. The average Bonchev–Trinajstić information content (AvgIpc) is 4.14. The summed E-state index contributed by atoms with van der Waals surface area (Å²) in [7, 11) is 0. The van der Waals surface area contributed by atoms with Crippen LogP contribution in [0.2, 0.25) is 0 Å². The zero-order valence-corrected chi connectivity index (χ0v) is 36.5. The van der Waals surface area contributed by atoms with Gasteiger partial charge in [-0.2, -0.15) is 0 Å². The number of fused-ring (bicyclic) bond motifs is 20. The van der Waals surface area contributed by atoms with Crippen molar-refractivity contribution in [1.29, 1.82) is 0 Å². The van der Waals surface area contributed by atoms with E-state index in [1.54, 1.807) is 0 Å². The van der Waals surface area contributed by atoms with Crippen LogP contribution in [0.1, 0.15) is 0 Å². The largest absolute Gasteiger partial charge is 0.278 e. The van der Waals surface area contributed by atoms with Crippen LogP contribution < -0.4 is 0 Å². The van der Waals surface area contributed by atoms with Crippen LogP contribution in [0.5, 0.6) is 0 Å². The second-order valence-corrected chi connectivity index (χ2v) is 18.1. The third-order valence-electron chi connectivity index (χ3n) is 14.7. The van der Waals surface area contributed by atoms with Crippen molar-refractivity contribution in [1.82, 2.24) is 27.9 Å². The lowest BCUT2D eigenvalue weighted by Gasteiger charge is -2.20. The van der Waals surface area contributed by atoms with E-state index in [9.17, 15) is 0 Å². The molecule has 16 rings (SSSR count). The fourth-order valence-corrected chi connectivity index (χ4v) is 11.9. The van der Waals surface area contributed by atoms with Crippen LogP contribution in [0.4, 0.5) is 0 Å². The lowest BCUT2D eigenvalue weighted by atomic mass is 9.84. The SMILES string of the molecule is c1ccc2c(c1)nc1n(-c3ccc4nc5n(-c6ccc7c(c6)c6cccc8c6-c6c(cccc6c6ccccc67)c6ccccc6c6ccccc86)c6ccccc6n5c4c3)c3ccccc3n21. The highest BCUT2D eigenvalue weighted by Gasteiger charge is 2.23. The van der Waals surface area contributed by atoms with E-state index in [-0.39, 0.29) is 0 Å². The van der Waals surface area contributed by atoms with Gasteiger partial charge in [0, 0.05) is 5.69 Å². The Labute approximate surface area is 387 Å². The number of hydrogen-bond acceptors (Lipinski definition) is 2. The van der Waals surface area contributed by atoms with Gasteiger partial charge >= 0.3 is 0 Å². The van der Waals surface area contributed by atoms with Gasteiger partial charge in [0.25, 0.3) is 0 Å². The van der Waals surface area contributed by atoms with Crippen molar-refractivity contribution in [2.75, 3.05) is 0 Å². The predicted octanol–water partition coefficient (Wildman–Crippen LogP) is 15.8. The summed E-state index contributed by atoms with van der Waals surface area (Å²) in [6.45, 7) is 0. The molecule has 2 aliphatic rings. The first-order valence-electron chi connectivity index (χ1n) is 23.3. The van der Waals surface area contributed by atoms with Crippen LogP contribution in [-0.2, 0) is 0 Å². The number of nitrogens with zero attached hydrogens (tertiary/aromatic N) is 6. The number of para-hydroxylation sites is 6. The minimum absolute atomic E-state index is 0.861. The first-order valence-corrected chi connectivity index (χ1v) is 23.3. The highest BCUT2D eigenvalue weighted by Crippen LogP contribution is 2.47. The van der Waals surface area contributed by atoms with Crippen LogP contribution >= 0.6 is 0 Å². The van der Waals surface area contributed by atoms with Gasteiger partial charge in [-0.05, 0) is 142 Å². The van der Waals surface area contributed by atoms with E-state index in [0.717, 1.165) is 67.1 Å². The van der Waals surface area contributed by atoms with Crippen LogP contribution in [0.15, 0.2) is 218 Å². The summed E-state index contributed by atoms with van der Waals surface area (Å²) in [4.78, 5) is 10.7. The van der Waals surface area contributed by atoms with Gasteiger partial charge in [0.2, 0.25) is 11.6 Å². The average molecular weight is 865 g/mol. The second-order valence-electron chi connectivity index (χ2n) is 18.1. The van der Waals surface area contributed by atoms with Gasteiger partial charge in [0.1, 0.15) is 0 Å². The van der Waals surface area contributed by atoms with Crippen molar-refractivity contribution in [3.05, 3.63) is 218 Å². The molecule has 4 aromatic heterocycles.